The second-order valence-corrected chi connectivity index (χ2v) is 5.75. The van der Waals surface area contributed by atoms with Crippen LogP contribution in [0.4, 0.5) is 0 Å². The number of benzene rings is 2. The van der Waals surface area contributed by atoms with Gasteiger partial charge in [-0.3, -0.25) is 4.79 Å². The van der Waals surface area contributed by atoms with Crippen LogP contribution in [0, 0.1) is 0 Å². The molecule has 2 aromatic rings. The summed E-state index contributed by atoms with van der Waals surface area (Å²) >= 11 is 0. The van der Waals surface area contributed by atoms with E-state index >= 15 is 0 Å². The molecule has 0 heterocycles. The van der Waals surface area contributed by atoms with E-state index in [1.807, 2.05) is 25.1 Å². The van der Waals surface area contributed by atoms with Gasteiger partial charge in [0.15, 0.2) is 17.3 Å². The average molecular weight is 370 g/mol. The summed E-state index contributed by atoms with van der Waals surface area (Å²) in [6.07, 6.45) is 4.17. The minimum Gasteiger partial charge on any atom is -0.497 e. The fourth-order valence-electron chi connectivity index (χ4n) is 2.50. The summed E-state index contributed by atoms with van der Waals surface area (Å²) in [5.41, 5.74) is 1.29. The molecule has 0 bridgehead atoms. The zero-order chi connectivity index (χ0) is 19.6. The highest BCUT2D eigenvalue weighted by Gasteiger charge is 2.11. The summed E-state index contributed by atoms with van der Waals surface area (Å²) < 4.78 is 21.8. The van der Waals surface area contributed by atoms with Gasteiger partial charge in [-0.25, -0.2) is 0 Å². The lowest BCUT2D eigenvalue weighted by Gasteiger charge is -2.12. The molecule has 0 fully saturated rings. The maximum atomic E-state index is 12.6. The fraction of sp³-hybridized carbons (Fsp3) is 0.318. The third kappa shape index (κ3) is 5.51. The van der Waals surface area contributed by atoms with E-state index in [4.69, 9.17) is 18.9 Å². The molecule has 0 aliphatic rings. The number of hydrogen-bond acceptors (Lipinski definition) is 5. The lowest BCUT2D eigenvalue weighted by molar-refractivity contribution is 0.104. The summed E-state index contributed by atoms with van der Waals surface area (Å²) in [5, 5.41) is 0. The van der Waals surface area contributed by atoms with Crippen LogP contribution < -0.4 is 18.9 Å². The third-order valence-electron chi connectivity index (χ3n) is 3.83. The average Bonchev–Trinajstić information content (AvgIpc) is 2.71. The molecule has 0 saturated heterocycles. The van der Waals surface area contributed by atoms with Gasteiger partial charge in [0, 0.05) is 0 Å². The quantitative estimate of drug-likeness (QED) is 0.445. The first-order valence-corrected chi connectivity index (χ1v) is 8.97. The number of carbonyl (C=O) groups excluding carboxylic acids is 1. The van der Waals surface area contributed by atoms with Crippen molar-refractivity contribution in [3.05, 3.63) is 53.6 Å². The summed E-state index contributed by atoms with van der Waals surface area (Å²) in [7, 11) is 3.09. The molecule has 0 amide bonds. The Kier molecular flexibility index (Phi) is 7.74. The van der Waals surface area contributed by atoms with Crippen LogP contribution in [0.1, 0.15) is 36.2 Å². The van der Waals surface area contributed by atoms with Gasteiger partial charge in [-0.1, -0.05) is 19.1 Å². The Balaban J connectivity index is 2.24. The number of ketones is 1. The van der Waals surface area contributed by atoms with Gasteiger partial charge in [-0.2, -0.15) is 0 Å². The van der Waals surface area contributed by atoms with Crippen LogP contribution >= 0.6 is 0 Å². The fourth-order valence-corrected chi connectivity index (χ4v) is 2.50. The van der Waals surface area contributed by atoms with Crippen molar-refractivity contribution in [2.45, 2.75) is 20.3 Å². The van der Waals surface area contributed by atoms with E-state index in [2.05, 4.69) is 6.92 Å². The van der Waals surface area contributed by atoms with Crippen molar-refractivity contribution in [1.82, 2.24) is 0 Å². The Morgan fingerprint density at radius 2 is 1.70 bits per heavy atom. The van der Waals surface area contributed by atoms with Crippen LogP contribution in [0.25, 0.3) is 6.08 Å². The van der Waals surface area contributed by atoms with E-state index < -0.39 is 0 Å². The highest BCUT2D eigenvalue weighted by Crippen LogP contribution is 2.30. The van der Waals surface area contributed by atoms with Crippen LogP contribution in [-0.2, 0) is 0 Å². The van der Waals surface area contributed by atoms with Crippen molar-refractivity contribution >= 4 is 11.9 Å². The molecule has 144 valence electrons. The van der Waals surface area contributed by atoms with E-state index in [9.17, 15) is 4.79 Å². The SMILES string of the molecule is CCCOc1ccc(/C=C/C(=O)c2cc(OC)ccc2OC)cc1OCC. The highest BCUT2D eigenvalue weighted by molar-refractivity contribution is 6.08. The normalized spacial score (nSPS) is 10.7. The number of carbonyl (C=O) groups is 1. The van der Waals surface area contributed by atoms with E-state index in [1.165, 1.54) is 13.2 Å². The molecule has 27 heavy (non-hydrogen) atoms. The molecule has 0 unspecified atom stereocenters. The highest BCUT2D eigenvalue weighted by atomic mass is 16.5. The van der Waals surface area contributed by atoms with Gasteiger partial charge in [0.05, 0.1) is 33.0 Å². The van der Waals surface area contributed by atoms with Crippen molar-refractivity contribution in [2.24, 2.45) is 0 Å². The van der Waals surface area contributed by atoms with E-state index in [0.29, 0.717) is 41.8 Å². The van der Waals surface area contributed by atoms with Crippen LogP contribution in [0.3, 0.4) is 0 Å². The van der Waals surface area contributed by atoms with Crippen LogP contribution in [0.15, 0.2) is 42.5 Å². The number of methoxy groups -OCH3 is 2. The lowest BCUT2D eigenvalue weighted by Crippen LogP contribution is -2.01. The second-order valence-electron chi connectivity index (χ2n) is 5.75. The van der Waals surface area contributed by atoms with Gasteiger partial charge in [0.1, 0.15) is 11.5 Å². The van der Waals surface area contributed by atoms with Gasteiger partial charge in [-0.15, -0.1) is 0 Å². The van der Waals surface area contributed by atoms with Crippen molar-refractivity contribution in [3.63, 3.8) is 0 Å². The first-order valence-electron chi connectivity index (χ1n) is 8.97. The largest absolute Gasteiger partial charge is 0.497 e. The number of allylic oxidation sites excluding steroid dienone is 1. The number of rotatable bonds is 10. The van der Waals surface area contributed by atoms with Gasteiger partial charge >= 0.3 is 0 Å². The minimum absolute atomic E-state index is 0.171. The molecule has 0 aromatic heterocycles. The molecule has 5 nitrogen and oxygen atoms in total. The molecule has 0 atom stereocenters. The zero-order valence-electron chi connectivity index (χ0n) is 16.3. The number of hydrogen-bond donors (Lipinski definition) is 0. The molecular formula is C22H26O5. The smallest absolute Gasteiger partial charge is 0.189 e. The second kappa shape index (κ2) is 10.3. The predicted octanol–water partition coefficient (Wildman–Crippen LogP) is 4.79. The first kappa shape index (κ1) is 20.4. The molecule has 0 saturated carbocycles. The summed E-state index contributed by atoms with van der Waals surface area (Å²) in [4.78, 5) is 12.6. The Hall–Kier alpha value is -2.95. The molecule has 0 N–H and O–H groups in total. The Labute approximate surface area is 160 Å². The third-order valence-corrected chi connectivity index (χ3v) is 3.83. The standard InChI is InChI=1S/C22H26O5/c1-5-13-27-21-11-8-16(14-22(21)26-6-2)7-10-19(23)18-15-17(24-3)9-12-20(18)25-4/h7-12,14-15H,5-6,13H2,1-4H3/b10-7+. The molecule has 0 radical (unpaired) electrons. The summed E-state index contributed by atoms with van der Waals surface area (Å²) in [5.74, 6) is 2.30. The van der Waals surface area contributed by atoms with Crippen LogP contribution in [-0.4, -0.2) is 33.2 Å². The number of ether oxygens (including phenoxy) is 4. The Bertz CT molecular complexity index is 795. The predicted molar refractivity (Wildman–Crippen MR) is 106 cm³/mol. The monoisotopic (exact) mass is 370 g/mol. The summed E-state index contributed by atoms with van der Waals surface area (Å²) in [6, 6.07) is 10.7. The zero-order valence-corrected chi connectivity index (χ0v) is 16.3. The van der Waals surface area contributed by atoms with Crippen molar-refractivity contribution in [3.8, 4) is 23.0 Å². The van der Waals surface area contributed by atoms with Gasteiger partial charge in [0.25, 0.3) is 0 Å². The Morgan fingerprint density at radius 3 is 2.37 bits per heavy atom. The maximum absolute atomic E-state index is 12.6. The van der Waals surface area contributed by atoms with Crippen molar-refractivity contribution in [1.29, 1.82) is 0 Å². The molecular weight excluding hydrogens is 344 g/mol. The molecule has 0 spiro atoms. The minimum atomic E-state index is -0.171. The van der Waals surface area contributed by atoms with Gasteiger partial charge in [0.2, 0.25) is 0 Å². The van der Waals surface area contributed by atoms with Gasteiger partial charge < -0.3 is 18.9 Å². The molecule has 0 aliphatic heterocycles. The van der Waals surface area contributed by atoms with E-state index in [-0.39, 0.29) is 5.78 Å². The van der Waals surface area contributed by atoms with Crippen LogP contribution in [0.5, 0.6) is 23.0 Å². The molecule has 5 heteroatoms. The van der Waals surface area contributed by atoms with Crippen molar-refractivity contribution in [2.75, 3.05) is 27.4 Å². The molecule has 2 aromatic carbocycles. The topological polar surface area (TPSA) is 54.0 Å². The maximum Gasteiger partial charge on any atom is 0.189 e. The Morgan fingerprint density at radius 1 is 0.926 bits per heavy atom. The lowest BCUT2D eigenvalue weighted by atomic mass is 10.1. The molecule has 0 aliphatic carbocycles. The summed E-state index contributed by atoms with van der Waals surface area (Å²) in [6.45, 7) is 5.14. The van der Waals surface area contributed by atoms with E-state index in [0.717, 1.165) is 12.0 Å². The molecule has 2 rings (SSSR count). The van der Waals surface area contributed by atoms with Crippen molar-refractivity contribution < 1.29 is 23.7 Å². The van der Waals surface area contributed by atoms with Gasteiger partial charge in [-0.05, 0) is 55.3 Å². The first-order chi connectivity index (χ1) is 13.1. The van der Waals surface area contributed by atoms with Crippen LogP contribution in [0.2, 0.25) is 0 Å². The van der Waals surface area contributed by atoms with E-state index in [1.54, 1.807) is 31.4 Å².